The molecule has 1 aliphatic rings. The molecule has 1 amide bonds. The molecule has 1 heterocycles. The van der Waals surface area contributed by atoms with Crippen LogP contribution in [-0.4, -0.2) is 32.9 Å². The number of hydrogen-bond donors (Lipinski definition) is 4. The van der Waals surface area contributed by atoms with Gasteiger partial charge in [-0.3, -0.25) is 4.79 Å². The molecule has 162 valence electrons. The average molecular weight is 551 g/mol. The Morgan fingerprint density at radius 3 is 2.66 bits per heavy atom. The zero-order valence-corrected chi connectivity index (χ0v) is 20.7. The van der Waals surface area contributed by atoms with E-state index < -0.39 is 23.5 Å². The largest absolute Gasteiger partial charge is 0.510 e. The Labute approximate surface area is 193 Å². The Morgan fingerprint density at radius 2 is 2.14 bits per heavy atom. The summed E-state index contributed by atoms with van der Waals surface area (Å²) < 4.78 is 1.92. The zero-order chi connectivity index (χ0) is 21.8. The molecule has 1 aliphatic carbocycles. The van der Waals surface area contributed by atoms with E-state index in [0.29, 0.717) is 12.8 Å². The number of carbonyl (C=O) groups excluding carboxylic acids is 1. The molecule has 0 spiro atoms. The average Bonchev–Trinajstić information content (AvgIpc) is 3.14. The highest BCUT2D eigenvalue weighted by atomic mass is 79.9. The second-order valence-electron chi connectivity index (χ2n) is 7.58. The maximum absolute atomic E-state index is 12.1. The van der Waals surface area contributed by atoms with Crippen molar-refractivity contribution in [2.45, 2.75) is 70.0 Å². The first-order valence-electron chi connectivity index (χ1n) is 9.90. The van der Waals surface area contributed by atoms with Gasteiger partial charge in [0.05, 0.1) is 13.7 Å². The first-order chi connectivity index (χ1) is 13.6. The number of hydrogen-bond acceptors (Lipinski definition) is 5. The minimum Gasteiger partial charge on any atom is -0.510 e. The first kappa shape index (κ1) is 24.6. The van der Waals surface area contributed by atoms with Gasteiger partial charge >= 0.3 is 0 Å². The predicted octanol–water partition coefficient (Wildman–Crippen LogP) is 5.31. The van der Waals surface area contributed by atoms with Crippen molar-refractivity contribution in [3.05, 3.63) is 42.7 Å². The van der Waals surface area contributed by atoms with Crippen molar-refractivity contribution in [3.63, 3.8) is 0 Å². The van der Waals surface area contributed by atoms with Gasteiger partial charge in [0, 0.05) is 23.8 Å². The molecule has 5 nitrogen and oxygen atoms in total. The normalized spacial score (nSPS) is 26.7. The van der Waals surface area contributed by atoms with E-state index in [2.05, 4.69) is 31.9 Å². The predicted molar refractivity (Wildman–Crippen MR) is 124 cm³/mol. The fourth-order valence-electron chi connectivity index (χ4n) is 3.96. The second kappa shape index (κ2) is 10.6. The quantitative estimate of drug-likeness (QED) is 0.190. The Kier molecular flexibility index (Phi) is 8.97. The van der Waals surface area contributed by atoms with Gasteiger partial charge in [-0.05, 0) is 68.8 Å². The van der Waals surface area contributed by atoms with Crippen LogP contribution in [0.4, 0.5) is 0 Å². The second-order valence-corrected chi connectivity index (χ2v) is 11.3. The van der Waals surface area contributed by atoms with Crippen molar-refractivity contribution in [1.29, 1.82) is 0 Å². The van der Waals surface area contributed by atoms with E-state index in [-0.39, 0.29) is 30.1 Å². The summed E-state index contributed by atoms with van der Waals surface area (Å²) in [7, 11) is 0. The monoisotopic (exact) mass is 549 g/mol. The molecular weight excluding hydrogens is 522 g/mol. The molecule has 1 aromatic heterocycles. The van der Waals surface area contributed by atoms with Crippen molar-refractivity contribution in [2.24, 2.45) is 11.7 Å². The van der Waals surface area contributed by atoms with Gasteiger partial charge in [0.15, 0.2) is 0 Å². The lowest BCUT2D eigenvalue weighted by molar-refractivity contribution is -0.116. The van der Waals surface area contributed by atoms with Gasteiger partial charge in [-0.1, -0.05) is 32.8 Å². The number of allylic oxidation sites excluding steroid dienone is 2. The van der Waals surface area contributed by atoms with Crippen LogP contribution in [0.5, 0.6) is 0 Å². The summed E-state index contributed by atoms with van der Waals surface area (Å²) in [6, 6.07) is 1.98. The molecule has 1 aromatic rings. The van der Waals surface area contributed by atoms with Gasteiger partial charge in [-0.15, -0.1) is 11.3 Å². The molecule has 4 atom stereocenters. The number of nitrogens with two attached hydrogens (primary N) is 1. The van der Waals surface area contributed by atoms with Crippen molar-refractivity contribution < 1.29 is 20.1 Å². The molecule has 1 unspecified atom stereocenters. The summed E-state index contributed by atoms with van der Waals surface area (Å²) in [5.41, 5.74) is 5.16. The van der Waals surface area contributed by atoms with Crippen LogP contribution in [0.3, 0.4) is 0 Å². The SMILES string of the molecule is CCCCC=C(C(N)=O)C1C[C@H](O)C[C@@]1(O)/C(O)=C\[C@@H](CC)c1cc(Br)sc1Br. The van der Waals surface area contributed by atoms with E-state index in [1.54, 1.807) is 23.5 Å². The lowest BCUT2D eigenvalue weighted by Crippen LogP contribution is -2.39. The Bertz CT molecular complexity index is 792. The van der Waals surface area contributed by atoms with Gasteiger partial charge in [0.1, 0.15) is 11.4 Å². The number of aliphatic hydroxyl groups excluding tert-OH is 2. The van der Waals surface area contributed by atoms with Crippen molar-refractivity contribution in [3.8, 4) is 0 Å². The third-order valence-corrected chi connectivity index (χ3v) is 7.92. The maximum atomic E-state index is 12.1. The third-order valence-electron chi connectivity index (χ3n) is 5.54. The van der Waals surface area contributed by atoms with Crippen LogP contribution in [-0.2, 0) is 4.79 Å². The number of halogens is 2. The Balaban J connectivity index is 2.41. The van der Waals surface area contributed by atoms with Crippen molar-refractivity contribution in [2.75, 3.05) is 0 Å². The number of aliphatic hydroxyl groups is 3. The molecule has 8 heteroatoms. The maximum Gasteiger partial charge on any atom is 0.244 e. The highest BCUT2D eigenvalue weighted by molar-refractivity contribution is 9.12. The van der Waals surface area contributed by atoms with E-state index in [0.717, 1.165) is 26.0 Å². The topological polar surface area (TPSA) is 104 Å². The molecule has 2 rings (SSSR count). The highest BCUT2D eigenvalue weighted by Crippen LogP contribution is 2.46. The van der Waals surface area contributed by atoms with Gasteiger partial charge in [0.25, 0.3) is 0 Å². The summed E-state index contributed by atoms with van der Waals surface area (Å²) in [6.45, 7) is 4.05. The molecule has 1 saturated carbocycles. The van der Waals surface area contributed by atoms with Gasteiger partial charge < -0.3 is 21.1 Å². The number of unbranched alkanes of at least 4 members (excludes halogenated alkanes) is 2. The molecule has 1 fully saturated rings. The lowest BCUT2D eigenvalue weighted by Gasteiger charge is -2.31. The molecule has 0 radical (unpaired) electrons. The summed E-state index contributed by atoms with van der Waals surface area (Å²) >= 11 is 8.56. The lowest BCUT2D eigenvalue weighted by atomic mass is 9.80. The van der Waals surface area contributed by atoms with E-state index in [9.17, 15) is 20.1 Å². The molecule has 0 bridgehead atoms. The molecule has 0 aliphatic heterocycles. The van der Waals surface area contributed by atoms with E-state index in [4.69, 9.17) is 5.73 Å². The zero-order valence-electron chi connectivity index (χ0n) is 16.7. The Morgan fingerprint density at radius 1 is 1.45 bits per heavy atom. The Hall–Kier alpha value is -0.670. The minimum absolute atomic E-state index is 0.0384. The fourth-order valence-corrected chi connectivity index (χ4v) is 6.96. The summed E-state index contributed by atoms with van der Waals surface area (Å²) in [6.07, 6.45) is 5.94. The van der Waals surface area contributed by atoms with Crippen LogP contribution >= 0.6 is 43.2 Å². The summed E-state index contributed by atoms with van der Waals surface area (Å²) in [5, 5.41) is 32.6. The van der Waals surface area contributed by atoms with Crippen LogP contribution in [0.25, 0.3) is 0 Å². The summed E-state index contributed by atoms with van der Waals surface area (Å²) in [5.74, 6) is -1.71. The summed E-state index contributed by atoms with van der Waals surface area (Å²) in [4.78, 5) is 12.1. The number of rotatable bonds is 9. The van der Waals surface area contributed by atoms with Crippen LogP contribution in [0.2, 0.25) is 0 Å². The molecule has 0 saturated heterocycles. The molecule has 0 aromatic carbocycles. The van der Waals surface area contributed by atoms with Gasteiger partial charge in [0.2, 0.25) is 5.91 Å². The van der Waals surface area contributed by atoms with E-state index in [1.165, 1.54) is 0 Å². The highest BCUT2D eigenvalue weighted by Gasteiger charge is 2.51. The standard InChI is InChI=1S/C21H29Br2NO4S/c1-3-5-6-7-14(20(24)27)16-9-13(25)11-21(16,28)17(26)8-12(4-2)15-10-18(22)29-19(15)23/h7-8,10,12-13,16,25-26,28H,3-6,9,11H2,1-2H3,(H2,24,27)/b14-7?,17-8+/t12-,13+,16?,21+/m1/s1. The molecule has 5 N–H and O–H groups in total. The number of amides is 1. The number of carbonyl (C=O) groups is 1. The van der Waals surface area contributed by atoms with E-state index in [1.807, 2.05) is 19.9 Å². The minimum atomic E-state index is -1.72. The number of primary amides is 1. The van der Waals surface area contributed by atoms with Crippen molar-refractivity contribution >= 4 is 49.1 Å². The van der Waals surface area contributed by atoms with Gasteiger partial charge in [-0.25, -0.2) is 0 Å². The first-order valence-corrected chi connectivity index (χ1v) is 12.3. The molecule has 29 heavy (non-hydrogen) atoms. The van der Waals surface area contributed by atoms with Crippen LogP contribution < -0.4 is 5.73 Å². The molecular formula is C21H29Br2NO4S. The van der Waals surface area contributed by atoms with E-state index >= 15 is 0 Å². The fraction of sp³-hybridized carbons (Fsp3) is 0.571. The van der Waals surface area contributed by atoms with Crippen LogP contribution in [0, 0.1) is 5.92 Å². The van der Waals surface area contributed by atoms with Crippen LogP contribution in [0.1, 0.15) is 63.9 Å². The number of thiophene rings is 1. The third kappa shape index (κ3) is 5.73. The van der Waals surface area contributed by atoms with Crippen LogP contribution in [0.15, 0.2) is 37.1 Å². The smallest absolute Gasteiger partial charge is 0.244 e. The van der Waals surface area contributed by atoms with Gasteiger partial charge in [-0.2, -0.15) is 0 Å². The van der Waals surface area contributed by atoms with Crippen molar-refractivity contribution in [1.82, 2.24) is 0 Å².